The summed E-state index contributed by atoms with van der Waals surface area (Å²) in [7, 11) is 0. The number of hydrogen-bond acceptors (Lipinski definition) is 1. The van der Waals surface area contributed by atoms with Crippen LogP contribution in [0.5, 0.6) is 0 Å². The Kier molecular flexibility index (Phi) is 2.29. The molecular formula is C10H14F2N2. The molecular weight excluding hydrogens is 186 g/mol. The van der Waals surface area contributed by atoms with Gasteiger partial charge in [0.2, 0.25) is 5.92 Å². The van der Waals surface area contributed by atoms with E-state index >= 15 is 0 Å². The third-order valence-corrected chi connectivity index (χ3v) is 2.81. The summed E-state index contributed by atoms with van der Waals surface area (Å²) >= 11 is 0. The maximum Gasteiger partial charge on any atom is 0.250 e. The first-order chi connectivity index (χ1) is 6.61. The van der Waals surface area contributed by atoms with Crippen molar-refractivity contribution >= 4 is 0 Å². The zero-order valence-electron chi connectivity index (χ0n) is 8.21. The number of halogens is 2. The second-order valence-electron chi connectivity index (χ2n) is 3.93. The van der Waals surface area contributed by atoms with Crippen LogP contribution in [0.2, 0.25) is 0 Å². The summed E-state index contributed by atoms with van der Waals surface area (Å²) in [4.78, 5) is 0. The van der Waals surface area contributed by atoms with Crippen LogP contribution in [0, 0.1) is 0 Å². The first-order valence-electron chi connectivity index (χ1n) is 5.01. The highest BCUT2D eigenvalue weighted by Gasteiger charge is 2.40. The summed E-state index contributed by atoms with van der Waals surface area (Å²) in [5.41, 5.74) is 1.11. The molecule has 1 aromatic heterocycles. The van der Waals surface area contributed by atoms with Gasteiger partial charge in [-0.3, -0.25) is 4.68 Å². The van der Waals surface area contributed by atoms with Crippen LogP contribution in [0.1, 0.15) is 37.8 Å². The van der Waals surface area contributed by atoms with E-state index < -0.39 is 5.92 Å². The first kappa shape index (κ1) is 9.62. The molecule has 1 aliphatic rings. The smallest absolute Gasteiger partial charge is 0.250 e. The van der Waals surface area contributed by atoms with Gasteiger partial charge in [0.05, 0.1) is 12.2 Å². The fourth-order valence-electron chi connectivity index (χ4n) is 1.91. The highest BCUT2D eigenvalue weighted by molar-refractivity contribution is 5.04. The van der Waals surface area contributed by atoms with Gasteiger partial charge in [0.25, 0.3) is 0 Å². The van der Waals surface area contributed by atoms with Gasteiger partial charge in [-0.05, 0) is 18.4 Å². The van der Waals surface area contributed by atoms with Crippen molar-refractivity contribution in [1.82, 2.24) is 9.78 Å². The Bertz CT molecular complexity index is 320. The van der Waals surface area contributed by atoms with E-state index in [9.17, 15) is 8.78 Å². The summed E-state index contributed by atoms with van der Waals surface area (Å²) in [6.07, 6.45) is 5.03. The summed E-state index contributed by atoms with van der Waals surface area (Å²) in [5.74, 6) is -2.48. The van der Waals surface area contributed by atoms with Crippen LogP contribution in [-0.2, 0) is 6.42 Å². The molecule has 0 saturated heterocycles. The molecule has 14 heavy (non-hydrogen) atoms. The van der Waals surface area contributed by atoms with Crippen LogP contribution >= 0.6 is 0 Å². The molecule has 4 heteroatoms. The van der Waals surface area contributed by atoms with Crippen LogP contribution in [0.4, 0.5) is 8.78 Å². The minimum absolute atomic E-state index is 0.00101. The predicted molar refractivity (Wildman–Crippen MR) is 49.4 cm³/mol. The lowest BCUT2D eigenvalue weighted by atomic mass is 10.2. The van der Waals surface area contributed by atoms with Crippen LogP contribution in [-0.4, -0.2) is 15.7 Å². The average Bonchev–Trinajstić information content (AvgIpc) is 2.70. The highest BCUT2D eigenvalue weighted by atomic mass is 19.3. The Morgan fingerprint density at radius 3 is 2.93 bits per heavy atom. The molecule has 2 nitrogen and oxygen atoms in total. The Balaban J connectivity index is 2.09. The van der Waals surface area contributed by atoms with Crippen LogP contribution < -0.4 is 0 Å². The van der Waals surface area contributed by atoms with Gasteiger partial charge in [-0.15, -0.1) is 0 Å². The molecule has 1 aliphatic carbocycles. The maximum absolute atomic E-state index is 12.9. The molecule has 1 atom stereocenters. The monoisotopic (exact) mass is 200 g/mol. The van der Waals surface area contributed by atoms with Gasteiger partial charge in [0, 0.05) is 19.0 Å². The first-order valence-corrected chi connectivity index (χ1v) is 5.01. The lowest BCUT2D eigenvalue weighted by Gasteiger charge is -2.10. The van der Waals surface area contributed by atoms with Crippen molar-refractivity contribution in [3.8, 4) is 0 Å². The minimum Gasteiger partial charge on any atom is -0.269 e. The van der Waals surface area contributed by atoms with Crippen molar-refractivity contribution in [2.24, 2.45) is 0 Å². The Hall–Kier alpha value is -0.930. The van der Waals surface area contributed by atoms with Crippen molar-refractivity contribution in [2.45, 2.75) is 44.6 Å². The van der Waals surface area contributed by atoms with E-state index in [1.54, 1.807) is 10.9 Å². The molecule has 2 rings (SSSR count). The van der Waals surface area contributed by atoms with Crippen molar-refractivity contribution in [3.05, 3.63) is 18.0 Å². The van der Waals surface area contributed by atoms with E-state index in [4.69, 9.17) is 0 Å². The topological polar surface area (TPSA) is 17.8 Å². The SMILES string of the molecule is CCc1cnn(C2CCC(F)(F)C2)c1. The number of alkyl halides is 2. The number of rotatable bonds is 2. The number of aromatic nitrogens is 2. The molecule has 0 bridgehead atoms. The van der Waals surface area contributed by atoms with E-state index in [0.717, 1.165) is 12.0 Å². The summed E-state index contributed by atoms with van der Waals surface area (Å²) in [6, 6.07) is -0.106. The van der Waals surface area contributed by atoms with Crippen molar-refractivity contribution in [1.29, 1.82) is 0 Å². The van der Waals surface area contributed by atoms with Crippen molar-refractivity contribution in [3.63, 3.8) is 0 Å². The molecule has 0 spiro atoms. The van der Waals surface area contributed by atoms with Crippen molar-refractivity contribution in [2.75, 3.05) is 0 Å². The van der Waals surface area contributed by atoms with Crippen LogP contribution in [0.15, 0.2) is 12.4 Å². The zero-order chi connectivity index (χ0) is 10.2. The van der Waals surface area contributed by atoms with Crippen LogP contribution in [0.3, 0.4) is 0 Å². The van der Waals surface area contributed by atoms with Gasteiger partial charge in [-0.1, -0.05) is 6.92 Å². The highest BCUT2D eigenvalue weighted by Crippen LogP contribution is 2.41. The molecule has 0 aliphatic heterocycles. The van der Waals surface area contributed by atoms with Gasteiger partial charge in [0.1, 0.15) is 0 Å². The number of nitrogens with zero attached hydrogens (tertiary/aromatic N) is 2. The van der Waals surface area contributed by atoms with Crippen LogP contribution in [0.25, 0.3) is 0 Å². The van der Waals surface area contributed by atoms with E-state index in [1.165, 1.54) is 0 Å². The zero-order valence-corrected chi connectivity index (χ0v) is 8.21. The van der Waals surface area contributed by atoms with E-state index in [2.05, 4.69) is 5.10 Å². The molecule has 1 fully saturated rings. The van der Waals surface area contributed by atoms with Gasteiger partial charge in [-0.25, -0.2) is 8.78 Å². The third kappa shape index (κ3) is 1.79. The van der Waals surface area contributed by atoms with Gasteiger partial charge in [-0.2, -0.15) is 5.10 Å². The summed E-state index contributed by atoms with van der Waals surface area (Å²) in [5, 5.41) is 4.12. The Morgan fingerprint density at radius 1 is 1.64 bits per heavy atom. The molecule has 1 heterocycles. The van der Waals surface area contributed by atoms with E-state index in [0.29, 0.717) is 6.42 Å². The molecule has 0 aromatic carbocycles. The molecule has 1 saturated carbocycles. The molecule has 0 N–H and O–H groups in total. The molecule has 0 radical (unpaired) electrons. The Morgan fingerprint density at radius 2 is 2.43 bits per heavy atom. The predicted octanol–water partition coefficient (Wildman–Crippen LogP) is 2.81. The lowest BCUT2D eigenvalue weighted by Crippen LogP contribution is -2.12. The van der Waals surface area contributed by atoms with Crippen molar-refractivity contribution < 1.29 is 8.78 Å². The fraction of sp³-hybridized carbons (Fsp3) is 0.700. The fourth-order valence-corrected chi connectivity index (χ4v) is 1.91. The standard InChI is InChI=1S/C10H14F2N2/c1-2-8-6-13-14(7-8)9-3-4-10(11,12)5-9/h6-7,9H,2-5H2,1H3. The molecule has 1 aromatic rings. The summed E-state index contributed by atoms with van der Waals surface area (Å²) in [6.45, 7) is 2.03. The van der Waals surface area contributed by atoms with Gasteiger partial charge >= 0.3 is 0 Å². The summed E-state index contributed by atoms with van der Waals surface area (Å²) < 4.78 is 27.5. The van der Waals surface area contributed by atoms with E-state index in [1.807, 2.05) is 13.1 Å². The molecule has 1 unspecified atom stereocenters. The maximum atomic E-state index is 12.9. The van der Waals surface area contributed by atoms with Gasteiger partial charge in [0.15, 0.2) is 0 Å². The minimum atomic E-state index is -2.48. The number of hydrogen-bond donors (Lipinski definition) is 0. The second kappa shape index (κ2) is 3.33. The number of aryl methyl sites for hydroxylation is 1. The lowest BCUT2D eigenvalue weighted by molar-refractivity contribution is 0.00518. The molecule has 78 valence electrons. The second-order valence-corrected chi connectivity index (χ2v) is 3.93. The van der Waals surface area contributed by atoms with E-state index in [-0.39, 0.29) is 18.9 Å². The quantitative estimate of drug-likeness (QED) is 0.717. The Labute approximate surface area is 81.9 Å². The third-order valence-electron chi connectivity index (χ3n) is 2.81. The molecule has 0 amide bonds. The van der Waals surface area contributed by atoms with Gasteiger partial charge < -0.3 is 0 Å². The normalized spacial score (nSPS) is 25.5. The largest absolute Gasteiger partial charge is 0.269 e. The average molecular weight is 200 g/mol.